The second-order valence-corrected chi connectivity index (χ2v) is 6.32. The number of carbonyl (C=O) groups excluding carboxylic acids is 1. The van der Waals surface area contributed by atoms with Crippen molar-refractivity contribution in [3.05, 3.63) is 0 Å². The molecule has 1 heterocycles. The van der Waals surface area contributed by atoms with Crippen molar-refractivity contribution >= 4 is 5.91 Å². The molecule has 1 fully saturated rings. The first-order valence-corrected chi connectivity index (χ1v) is 8.51. The van der Waals surface area contributed by atoms with E-state index in [0.717, 1.165) is 32.1 Å². The molecule has 130 valence electrons. The fourth-order valence-electron chi connectivity index (χ4n) is 3.55. The van der Waals surface area contributed by atoms with Gasteiger partial charge in [0, 0.05) is 0 Å². The van der Waals surface area contributed by atoms with E-state index in [1.54, 1.807) is 0 Å². The predicted octanol–water partition coefficient (Wildman–Crippen LogP) is 0.235. The molecule has 1 amide bonds. The Hall–Kier alpha value is -0.690. The van der Waals surface area contributed by atoms with Crippen LogP contribution in [0.25, 0.3) is 0 Å². The maximum atomic E-state index is 11.8. The van der Waals surface area contributed by atoms with Crippen LogP contribution in [0.15, 0.2) is 0 Å². The van der Waals surface area contributed by atoms with Crippen LogP contribution in [0.4, 0.5) is 0 Å². The Morgan fingerprint density at radius 3 is 2.32 bits per heavy atom. The van der Waals surface area contributed by atoms with Gasteiger partial charge in [0.15, 0.2) is 0 Å². The number of nitrogens with two attached hydrogens (primary N) is 1. The average molecular weight is 316 g/mol. The standard InChI is InChI=1S/C16H32N2O4/c1-3-5-6-7-9-18-12(10-19)14(20)15(21)13(18)11(8-4-2)16(17)22/h11-15,19-21H,3-10H2,1-2H3,(H2,17,22). The molecule has 0 spiro atoms. The van der Waals surface area contributed by atoms with Gasteiger partial charge in [0.2, 0.25) is 5.91 Å². The number of unbranched alkanes of at least 4 members (excludes halogenated alkanes) is 3. The number of rotatable bonds is 10. The minimum Gasteiger partial charge on any atom is -0.395 e. The predicted molar refractivity (Wildman–Crippen MR) is 85.1 cm³/mol. The van der Waals surface area contributed by atoms with Crippen molar-refractivity contribution in [1.29, 1.82) is 0 Å². The van der Waals surface area contributed by atoms with Crippen LogP contribution in [-0.4, -0.2) is 63.6 Å². The molecule has 0 aromatic carbocycles. The lowest BCUT2D eigenvalue weighted by molar-refractivity contribution is -0.125. The van der Waals surface area contributed by atoms with Crippen molar-refractivity contribution in [3.8, 4) is 0 Å². The summed E-state index contributed by atoms with van der Waals surface area (Å²) >= 11 is 0. The molecule has 1 aliphatic heterocycles. The summed E-state index contributed by atoms with van der Waals surface area (Å²) in [5.74, 6) is -0.951. The third-order valence-corrected chi connectivity index (χ3v) is 4.74. The molecule has 1 saturated heterocycles. The molecule has 5 atom stereocenters. The van der Waals surface area contributed by atoms with Crippen LogP contribution in [0.1, 0.15) is 52.4 Å². The first-order chi connectivity index (χ1) is 10.5. The van der Waals surface area contributed by atoms with Crippen molar-refractivity contribution in [1.82, 2.24) is 4.90 Å². The molecule has 0 bridgehead atoms. The van der Waals surface area contributed by atoms with Crippen LogP contribution < -0.4 is 5.73 Å². The zero-order valence-corrected chi connectivity index (χ0v) is 13.8. The number of hydrogen-bond acceptors (Lipinski definition) is 5. The van der Waals surface area contributed by atoms with E-state index in [1.807, 2.05) is 11.8 Å². The van der Waals surface area contributed by atoms with Crippen LogP contribution in [0.2, 0.25) is 0 Å². The summed E-state index contributed by atoms with van der Waals surface area (Å²) < 4.78 is 0. The second kappa shape index (κ2) is 9.45. The molecule has 1 rings (SSSR count). The van der Waals surface area contributed by atoms with Crippen LogP contribution in [0.5, 0.6) is 0 Å². The SMILES string of the molecule is CCCCCCN1C(CO)C(O)C(O)C1C(CCC)C(N)=O. The van der Waals surface area contributed by atoms with Gasteiger partial charge in [-0.3, -0.25) is 9.69 Å². The molecule has 0 aromatic rings. The summed E-state index contributed by atoms with van der Waals surface area (Å²) in [4.78, 5) is 13.7. The van der Waals surface area contributed by atoms with E-state index < -0.39 is 36.1 Å². The molecule has 0 radical (unpaired) electrons. The number of primary amides is 1. The number of amides is 1. The first-order valence-electron chi connectivity index (χ1n) is 8.51. The lowest BCUT2D eigenvalue weighted by Crippen LogP contribution is -2.49. The van der Waals surface area contributed by atoms with Crippen LogP contribution in [0.3, 0.4) is 0 Å². The Morgan fingerprint density at radius 2 is 1.82 bits per heavy atom. The van der Waals surface area contributed by atoms with Gasteiger partial charge < -0.3 is 21.1 Å². The van der Waals surface area contributed by atoms with Gasteiger partial charge in [-0.1, -0.05) is 39.5 Å². The monoisotopic (exact) mass is 316 g/mol. The minimum atomic E-state index is -1.05. The second-order valence-electron chi connectivity index (χ2n) is 6.32. The molecule has 5 unspecified atom stereocenters. The Balaban J connectivity index is 2.89. The van der Waals surface area contributed by atoms with Gasteiger partial charge in [-0.25, -0.2) is 0 Å². The normalized spacial score (nSPS) is 30.6. The Bertz CT molecular complexity index is 340. The van der Waals surface area contributed by atoms with Crippen molar-refractivity contribution < 1.29 is 20.1 Å². The van der Waals surface area contributed by atoms with Gasteiger partial charge in [0.25, 0.3) is 0 Å². The van der Waals surface area contributed by atoms with Crippen molar-refractivity contribution in [2.24, 2.45) is 11.7 Å². The van der Waals surface area contributed by atoms with E-state index in [2.05, 4.69) is 6.92 Å². The average Bonchev–Trinajstić information content (AvgIpc) is 2.72. The van der Waals surface area contributed by atoms with Crippen LogP contribution >= 0.6 is 0 Å². The number of nitrogens with zero attached hydrogens (tertiary/aromatic N) is 1. The fraction of sp³-hybridized carbons (Fsp3) is 0.938. The van der Waals surface area contributed by atoms with Crippen molar-refractivity contribution in [2.45, 2.75) is 76.7 Å². The summed E-state index contributed by atoms with van der Waals surface area (Å²) in [7, 11) is 0. The molecule has 0 aliphatic carbocycles. The Labute approximate surface area is 133 Å². The molecular formula is C16H32N2O4. The van der Waals surface area contributed by atoms with E-state index in [1.165, 1.54) is 0 Å². The smallest absolute Gasteiger partial charge is 0.222 e. The maximum absolute atomic E-state index is 11.8. The van der Waals surface area contributed by atoms with Gasteiger partial charge in [-0.15, -0.1) is 0 Å². The lowest BCUT2D eigenvalue weighted by atomic mass is 9.90. The zero-order chi connectivity index (χ0) is 16.7. The molecule has 0 aromatic heterocycles. The third-order valence-electron chi connectivity index (χ3n) is 4.74. The zero-order valence-electron chi connectivity index (χ0n) is 13.8. The molecule has 22 heavy (non-hydrogen) atoms. The topological polar surface area (TPSA) is 107 Å². The van der Waals surface area contributed by atoms with E-state index in [9.17, 15) is 20.1 Å². The molecule has 5 N–H and O–H groups in total. The summed E-state index contributed by atoms with van der Waals surface area (Å²) in [5.41, 5.74) is 5.51. The van der Waals surface area contributed by atoms with Gasteiger partial charge in [0.1, 0.15) is 0 Å². The van der Waals surface area contributed by atoms with Crippen molar-refractivity contribution in [2.75, 3.05) is 13.2 Å². The summed E-state index contributed by atoms with van der Waals surface area (Å²) in [5, 5.41) is 30.1. The highest BCUT2D eigenvalue weighted by Gasteiger charge is 2.50. The largest absolute Gasteiger partial charge is 0.395 e. The van der Waals surface area contributed by atoms with E-state index in [0.29, 0.717) is 13.0 Å². The van der Waals surface area contributed by atoms with Gasteiger partial charge in [-0.2, -0.15) is 0 Å². The van der Waals surface area contributed by atoms with Crippen molar-refractivity contribution in [3.63, 3.8) is 0 Å². The quantitative estimate of drug-likeness (QED) is 0.432. The van der Waals surface area contributed by atoms with Gasteiger partial charge >= 0.3 is 0 Å². The minimum absolute atomic E-state index is 0.236. The molecule has 6 nitrogen and oxygen atoms in total. The fourth-order valence-corrected chi connectivity index (χ4v) is 3.55. The summed E-state index contributed by atoms with van der Waals surface area (Å²) in [6.07, 6.45) is 3.48. The maximum Gasteiger partial charge on any atom is 0.222 e. The van der Waals surface area contributed by atoms with Gasteiger partial charge in [0.05, 0.1) is 36.8 Å². The molecule has 6 heteroatoms. The number of carbonyl (C=O) groups is 1. The summed E-state index contributed by atoms with van der Waals surface area (Å²) in [6.45, 7) is 4.51. The Morgan fingerprint density at radius 1 is 1.14 bits per heavy atom. The number of likely N-dealkylation sites (tertiary alicyclic amines) is 1. The Kier molecular flexibility index (Phi) is 8.31. The molecule has 1 aliphatic rings. The van der Waals surface area contributed by atoms with Crippen LogP contribution in [-0.2, 0) is 4.79 Å². The number of aliphatic hydroxyl groups is 3. The highest BCUT2D eigenvalue weighted by atomic mass is 16.3. The van der Waals surface area contributed by atoms with E-state index in [4.69, 9.17) is 5.73 Å². The number of hydrogen-bond donors (Lipinski definition) is 4. The number of aliphatic hydroxyl groups excluding tert-OH is 3. The van der Waals surface area contributed by atoms with E-state index >= 15 is 0 Å². The summed E-state index contributed by atoms with van der Waals surface area (Å²) in [6, 6.07) is -1.04. The first kappa shape index (κ1) is 19.4. The van der Waals surface area contributed by atoms with Crippen LogP contribution in [0, 0.1) is 5.92 Å². The van der Waals surface area contributed by atoms with E-state index in [-0.39, 0.29) is 6.61 Å². The highest BCUT2D eigenvalue weighted by Crippen LogP contribution is 2.32. The third kappa shape index (κ3) is 4.41. The lowest BCUT2D eigenvalue weighted by Gasteiger charge is -2.33. The molecular weight excluding hydrogens is 284 g/mol. The molecule has 0 saturated carbocycles. The van der Waals surface area contributed by atoms with Gasteiger partial charge in [-0.05, 0) is 19.4 Å². The highest BCUT2D eigenvalue weighted by molar-refractivity contribution is 5.77.